The molecule has 0 heterocycles. The predicted octanol–water partition coefficient (Wildman–Crippen LogP) is 3.19. The van der Waals surface area contributed by atoms with Crippen LogP contribution in [0.4, 0.5) is 0 Å². The van der Waals surface area contributed by atoms with Crippen molar-refractivity contribution in [3.8, 4) is 6.07 Å². The molecule has 0 aromatic rings. The molecule has 15 heavy (non-hydrogen) atoms. The Hall–Kier alpha value is -0.200. The van der Waals surface area contributed by atoms with Gasteiger partial charge in [0.25, 0.3) is 0 Å². The maximum Gasteiger partial charge on any atom is 0.103 e. The van der Waals surface area contributed by atoms with Crippen molar-refractivity contribution in [1.29, 1.82) is 5.26 Å². The summed E-state index contributed by atoms with van der Waals surface area (Å²) in [6.07, 6.45) is 4.68. The third kappa shape index (κ3) is 7.70. The molecule has 0 aliphatic heterocycles. The van der Waals surface area contributed by atoms with Crippen molar-refractivity contribution in [1.82, 2.24) is 5.32 Å². The Bertz CT molecular complexity index is 189. The number of thioether (sulfide) groups is 1. The van der Waals surface area contributed by atoms with Crippen LogP contribution in [-0.2, 0) is 0 Å². The highest BCUT2D eigenvalue weighted by atomic mass is 32.2. The number of hydrogen-bond donors (Lipinski definition) is 1. The van der Waals surface area contributed by atoms with Crippen molar-refractivity contribution in [3.05, 3.63) is 0 Å². The maximum atomic E-state index is 9.04. The van der Waals surface area contributed by atoms with Crippen molar-refractivity contribution >= 4 is 11.8 Å². The average molecular weight is 228 g/mol. The van der Waals surface area contributed by atoms with Crippen LogP contribution in [0.3, 0.4) is 0 Å². The van der Waals surface area contributed by atoms with Gasteiger partial charge in [0.1, 0.15) is 5.54 Å². The molecule has 0 amide bonds. The third-order valence-electron chi connectivity index (χ3n) is 2.42. The lowest BCUT2D eigenvalue weighted by molar-refractivity contribution is 0.426. The van der Waals surface area contributed by atoms with Crippen LogP contribution in [0, 0.1) is 11.3 Å². The van der Waals surface area contributed by atoms with E-state index in [-0.39, 0.29) is 5.54 Å². The molecule has 0 bridgehead atoms. The molecule has 0 spiro atoms. The molecule has 0 radical (unpaired) electrons. The van der Waals surface area contributed by atoms with E-state index in [1.807, 2.05) is 25.6 Å². The molecule has 0 saturated carbocycles. The zero-order chi connectivity index (χ0) is 11.6. The minimum Gasteiger partial charge on any atom is -0.300 e. The van der Waals surface area contributed by atoms with Crippen molar-refractivity contribution in [3.63, 3.8) is 0 Å². The largest absolute Gasteiger partial charge is 0.300 e. The van der Waals surface area contributed by atoms with Gasteiger partial charge < -0.3 is 0 Å². The van der Waals surface area contributed by atoms with Crippen LogP contribution in [-0.4, -0.2) is 23.6 Å². The average Bonchev–Trinajstić information content (AvgIpc) is 2.24. The number of hydrogen-bond acceptors (Lipinski definition) is 3. The molecular weight excluding hydrogens is 204 g/mol. The quantitative estimate of drug-likeness (QED) is 0.616. The number of nitriles is 1. The number of unbranched alkanes of at least 4 members (excludes halogenated alkanes) is 1. The fourth-order valence-electron chi connectivity index (χ4n) is 1.45. The Morgan fingerprint density at radius 3 is 2.47 bits per heavy atom. The molecular formula is C12H24N2S. The minimum absolute atomic E-state index is 0.319. The van der Waals surface area contributed by atoms with E-state index in [1.54, 1.807) is 0 Å². The van der Waals surface area contributed by atoms with E-state index < -0.39 is 0 Å². The SMILES string of the molecule is CCCCSCCCC(C)(C#N)NCC. The van der Waals surface area contributed by atoms with Crippen molar-refractivity contribution in [2.75, 3.05) is 18.1 Å². The molecule has 0 aliphatic carbocycles. The Labute approximate surface area is 98.8 Å². The van der Waals surface area contributed by atoms with Crippen LogP contribution in [0.25, 0.3) is 0 Å². The Balaban J connectivity index is 3.51. The summed E-state index contributed by atoms with van der Waals surface area (Å²) in [5.41, 5.74) is -0.319. The van der Waals surface area contributed by atoms with Crippen LogP contribution in [0.1, 0.15) is 46.5 Å². The molecule has 0 aromatic carbocycles. The lowest BCUT2D eigenvalue weighted by Gasteiger charge is -2.22. The minimum atomic E-state index is -0.319. The molecule has 88 valence electrons. The second kappa shape index (κ2) is 9.06. The topological polar surface area (TPSA) is 35.8 Å². The van der Waals surface area contributed by atoms with Gasteiger partial charge in [0.15, 0.2) is 0 Å². The zero-order valence-corrected chi connectivity index (χ0v) is 11.1. The lowest BCUT2D eigenvalue weighted by Crippen LogP contribution is -2.40. The van der Waals surface area contributed by atoms with Gasteiger partial charge in [0, 0.05) is 0 Å². The Morgan fingerprint density at radius 2 is 1.93 bits per heavy atom. The second-order valence-electron chi connectivity index (χ2n) is 4.04. The lowest BCUT2D eigenvalue weighted by atomic mass is 9.98. The molecule has 0 saturated heterocycles. The molecule has 1 unspecified atom stereocenters. The molecule has 0 rings (SSSR count). The van der Waals surface area contributed by atoms with Gasteiger partial charge in [-0.05, 0) is 44.2 Å². The molecule has 0 fully saturated rings. The first-order valence-corrected chi connectivity index (χ1v) is 7.08. The fourth-order valence-corrected chi connectivity index (χ4v) is 2.50. The molecule has 3 heteroatoms. The molecule has 0 aromatic heterocycles. The van der Waals surface area contributed by atoms with Crippen molar-refractivity contribution < 1.29 is 0 Å². The van der Waals surface area contributed by atoms with Crippen LogP contribution in [0.5, 0.6) is 0 Å². The van der Waals surface area contributed by atoms with E-state index in [4.69, 9.17) is 5.26 Å². The normalized spacial score (nSPS) is 14.5. The second-order valence-corrected chi connectivity index (χ2v) is 5.27. The van der Waals surface area contributed by atoms with Crippen LogP contribution in [0.2, 0.25) is 0 Å². The van der Waals surface area contributed by atoms with Gasteiger partial charge in [-0.25, -0.2) is 0 Å². The van der Waals surface area contributed by atoms with Gasteiger partial charge in [0.05, 0.1) is 6.07 Å². The van der Waals surface area contributed by atoms with E-state index >= 15 is 0 Å². The zero-order valence-electron chi connectivity index (χ0n) is 10.3. The number of nitrogens with zero attached hydrogens (tertiary/aromatic N) is 1. The van der Waals surface area contributed by atoms with E-state index in [0.29, 0.717) is 0 Å². The van der Waals surface area contributed by atoms with E-state index in [2.05, 4.69) is 18.3 Å². The Kier molecular flexibility index (Phi) is 8.94. The third-order valence-corrected chi connectivity index (χ3v) is 3.58. The summed E-state index contributed by atoms with van der Waals surface area (Å²) < 4.78 is 0. The molecule has 2 nitrogen and oxygen atoms in total. The summed E-state index contributed by atoms with van der Waals surface area (Å²) in [5, 5.41) is 12.3. The Morgan fingerprint density at radius 1 is 1.27 bits per heavy atom. The monoisotopic (exact) mass is 228 g/mol. The maximum absolute atomic E-state index is 9.04. The number of rotatable bonds is 9. The standard InChI is InChI=1S/C12H24N2S/c1-4-6-9-15-10-7-8-12(3,11-13)14-5-2/h14H,4-10H2,1-3H3. The van der Waals surface area contributed by atoms with Gasteiger partial charge in [-0.3, -0.25) is 5.32 Å². The van der Waals surface area contributed by atoms with Crippen LogP contribution in [0.15, 0.2) is 0 Å². The van der Waals surface area contributed by atoms with E-state index in [1.165, 1.54) is 24.3 Å². The van der Waals surface area contributed by atoms with Gasteiger partial charge in [0.2, 0.25) is 0 Å². The molecule has 0 aliphatic rings. The first-order valence-electron chi connectivity index (χ1n) is 5.92. The van der Waals surface area contributed by atoms with E-state index in [0.717, 1.165) is 19.4 Å². The molecule has 1 atom stereocenters. The fraction of sp³-hybridized carbons (Fsp3) is 0.917. The molecule has 1 N–H and O–H groups in total. The summed E-state index contributed by atoms with van der Waals surface area (Å²) in [5.74, 6) is 2.45. The van der Waals surface area contributed by atoms with Crippen LogP contribution >= 0.6 is 11.8 Å². The summed E-state index contributed by atoms with van der Waals surface area (Å²) in [4.78, 5) is 0. The first-order chi connectivity index (χ1) is 7.18. The first kappa shape index (κ1) is 14.8. The van der Waals surface area contributed by atoms with Crippen molar-refractivity contribution in [2.45, 2.75) is 52.0 Å². The highest BCUT2D eigenvalue weighted by Gasteiger charge is 2.20. The van der Waals surface area contributed by atoms with Gasteiger partial charge in [-0.2, -0.15) is 17.0 Å². The highest BCUT2D eigenvalue weighted by molar-refractivity contribution is 7.99. The summed E-state index contributed by atoms with van der Waals surface area (Å²) in [7, 11) is 0. The predicted molar refractivity (Wildman–Crippen MR) is 69.2 cm³/mol. The smallest absolute Gasteiger partial charge is 0.103 e. The van der Waals surface area contributed by atoms with Crippen LogP contribution < -0.4 is 5.32 Å². The van der Waals surface area contributed by atoms with Crippen molar-refractivity contribution in [2.24, 2.45) is 0 Å². The summed E-state index contributed by atoms with van der Waals surface area (Å²) in [6, 6.07) is 2.36. The summed E-state index contributed by atoms with van der Waals surface area (Å²) in [6.45, 7) is 7.13. The van der Waals surface area contributed by atoms with Gasteiger partial charge in [-0.1, -0.05) is 20.3 Å². The summed E-state index contributed by atoms with van der Waals surface area (Å²) >= 11 is 2.01. The van der Waals surface area contributed by atoms with E-state index in [9.17, 15) is 0 Å². The van der Waals surface area contributed by atoms with Gasteiger partial charge in [-0.15, -0.1) is 0 Å². The number of nitrogens with one attached hydrogen (secondary N) is 1. The van der Waals surface area contributed by atoms with Gasteiger partial charge >= 0.3 is 0 Å². The highest BCUT2D eigenvalue weighted by Crippen LogP contribution is 2.14.